The molecule has 0 aliphatic carbocycles. The molecule has 0 saturated carbocycles. The molecular formula is C13H14KNO5. The molecule has 2 N–H and O–H groups in total. The average molecular weight is 303 g/mol. The number of esters is 1. The number of hydrogen-bond acceptors (Lipinski definition) is 6. The summed E-state index contributed by atoms with van der Waals surface area (Å²) in [5.41, 5.74) is 0.581. The maximum absolute atomic E-state index is 11.1. The monoisotopic (exact) mass is 303 g/mol. The van der Waals surface area contributed by atoms with Gasteiger partial charge in [0.15, 0.2) is 0 Å². The Morgan fingerprint density at radius 2 is 1.95 bits per heavy atom. The molecule has 0 radical (unpaired) electrons. The van der Waals surface area contributed by atoms with Crippen molar-refractivity contribution in [3.05, 3.63) is 42.1 Å². The summed E-state index contributed by atoms with van der Waals surface area (Å²) in [6, 6.07) is 4.44. The molecule has 20 heavy (non-hydrogen) atoms. The van der Waals surface area contributed by atoms with Gasteiger partial charge in [0.05, 0.1) is 25.5 Å². The Morgan fingerprint density at radius 1 is 1.40 bits per heavy atom. The summed E-state index contributed by atoms with van der Waals surface area (Å²) >= 11 is 0. The second-order valence-corrected chi connectivity index (χ2v) is 3.84. The third kappa shape index (κ3) is 6.06. The number of nitrogens with one attached hydrogen (secondary N) is 1. The van der Waals surface area contributed by atoms with Crippen molar-refractivity contribution in [2.24, 2.45) is 0 Å². The van der Waals surface area contributed by atoms with Gasteiger partial charge < -0.3 is 25.1 Å². The maximum atomic E-state index is 11.1. The number of aromatic hydroxyl groups is 1. The normalized spacial score (nSPS) is 10.8. The van der Waals surface area contributed by atoms with Gasteiger partial charge in [0.25, 0.3) is 0 Å². The Bertz CT molecular complexity index is 486. The zero-order chi connectivity index (χ0) is 14.4. The predicted molar refractivity (Wildman–Crippen MR) is 64.8 cm³/mol. The Hall–Kier alpha value is -0.864. The van der Waals surface area contributed by atoms with Crippen LogP contribution in [0, 0.1) is 0 Å². The molecule has 6 nitrogen and oxygen atoms in total. The largest absolute Gasteiger partial charge is 1.00 e. The first-order valence-corrected chi connectivity index (χ1v) is 5.45. The van der Waals surface area contributed by atoms with E-state index >= 15 is 0 Å². The van der Waals surface area contributed by atoms with E-state index in [0.717, 1.165) is 0 Å². The third-order valence-corrected chi connectivity index (χ3v) is 2.40. The number of phenols is 1. The number of rotatable bonds is 6. The van der Waals surface area contributed by atoms with Crippen molar-refractivity contribution in [1.29, 1.82) is 0 Å². The van der Waals surface area contributed by atoms with Gasteiger partial charge >= 0.3 is 57.4 Å². The summed E-state index contributed by atoms with van der Waals surface area (Å²) in [5, 5.41) is 22.8. The molecule has 0 fully saturated rings. The summed E-state index contributed by atoms with van der Waals surface area (Å²) in [6.07, 6.45) is -0.141. The molecule has 1 unspecified atom stereocenters. The van der Waals surface area contributed by atoms with Crippen LogP contribution < -0.4 is 61.8 Å². The quantitative estimate of drug-likeness (QED) is 0.425. The SMILES string of the molecule is C=C(CC(=O)OC)NC(C(=O)[O-])c1ccc(O)cc1.[K+]. The summed E-state index contributed by atoms with van der Waals surface area (Å²) in [7, 11) is 1.23. The fraction of sp³-hybridized carbons (Fsp3) is 0.231. The number of carboxylic acids is 1. The van der Waals surface area contributed by atoms with Crippen LogP contribution in [-0.4, -0.2) is 24.2 Å². The maximum Gasteiger partial charge on any atom is 1.00 e. The number of carboxylic acid groups (broad SMARTS) is 1. The summed E-state index contributed by atoms with van der Waals surface area (Å²) in [5.74, 6) is -1.87. The minimum Gasteiger partial charge on any atom is -0.548 e. The summed E-state index contributed by atoms with van der Waals surface area (Å²) in [4.78, 5) is 22.1. The van der Waals surface area contributed by atoms with Gasteiger partial charge in [0.2, 0.25) is 0 Å². The van der Waals surface area contributed by atoms with Crippen LogP contribution in [-0.2, 0) is 14.3 Å². The van der Waals surface area contributed by atoms with Gasteiger partial charge in [-0.15, -0.1) is 0 Å². The van der Waals surface area contributed by atoms with E-state index in [1.165, 1.54) is 31.4 Å². The molecule has 0 amide bonds. The zero-order valence-corrected chi connectivity index (χ0v) is 14.5. The van der Waals surface area contributed by atoms with E-state index in [1.807, 2.05) is 0 Å². The standard InChI is InChI=1S/C13H15NO5.K/c1-8(7-11(16)19-2)14-12(13(17)18)9-3-5-10(15)6-4-9;/h3-6,12,14-15H,1,7H2,2H3,(H,17,18);/q;+1/p-1. The first-order valence-electron chi connectivity index (χ1n) is 5.45. The minimum absolute atomic E-state index is 0. The van der Waals surface area contributed by atoms with Crippen LogP contribution >= 0.6 is 0 Å². The Labute approximate surface area is 159 Å². The summed E-state index contributed by atoms with van der Waals surface area (Å²) < 4.78 is 4.45. The van der Waals surface area contributed by atoms with Crippen LogP contribution in [0.4, 0.5) is 0 Å². The van der Waals surface area contributed by atoms with Crippen molar-refractivity contribution in [1.82, 2.24) is 5.32 Å². The van der Waals surface area contributed by atoms with Gasteiger partial charge in [0.1, 0.15) is 5.75 Å². The van der Waals surface area contributed by atoms with Crippen LogP contribution in [0.3, 0.4) is 0 Å². The average Bonchev–Trinajstić information content (AvgIpc) is 2.36. The first kappa shape index (κ1) is 19.1. The van der Waals surface area contributed by atoms with Crippen molar-refractivity contribution >= 4 is 11.9 Å². The molecular weight excluding hydrogens is 289 g/mol. The van der Waals surface area contributed by atoms with Gasteiger partial charge in [-0.1, -0.05) is 18.7 Å². The van der Waals surface area contributed by atoms with Gasteiger partial charge in [0, 0.05) is 5.70 Å². The number of benzene rings is 1. The van der Waals surface area contributed by atoms with E-state index in [0.29, 0.717) is 5.56 Å². The van der Waals surface area contributed by atoms with Crippen LogP contribution in [0.15, 0.2) is 36.5 Å². The van der Waals surface area contributed by atoms with Crippen molar-refractivity contribution in [3.63, 3.8) is 0 Å². The number of carbonyl (C=O) groups is 2. The van der Waals surface area contributed by atoms with E-state index in [9.17, 15) is 14.7 Å². The molecule has 0 aromatic heterocycles. The van der Waals surface area contributed by atoms with E-state index in [-0.39, 0.29) is 69.3 Å². The van der Waals surface area contributed by atoms with E-state index in [4.69, 9.17) is 5.11 Å². The summed E-state index contributed by atoms with van der Waals surface area (Å²) in [6.45, 7) is 3.56. The van der Waals surface area contributed by atoms with Crippen molar-refractivity contribution < 1.29 is 75.9 Å². The molecule has 0 heterocycles. The van der Waals surface area contributed by atoms with Crippen LogP contribution in [0.1, 0.15) is 18.0 Å². The van der Waals surface area contributed by atoms with E-state index in [2.05, 4.69) is 16.6 Å². The molecule has 7 heteroatoms. The van der Waals surface area contributed by atoms with Crippen LogP contribution in [0.2, 0.25) is 0 Å². The van der Waals surface area contributed by atoms with Crippen LogP contribution in [0.5, 0.6) is 5.75 Å². The molecule has 1 atom stereocenters. The fourth-order valence-electron chi connectivity index (χ4n) is 1.45. The van der Waals surface area contributed by atoms with Crippen molar-refractivity contribution in [2.45, 2.75) is 12.5 Å². The minimum atomic E-state index is -1.36. The van der Waals surface area contributed by atoms with E-state index in [1.54, 1.807) is 0 Å². The van der Waals surface area contributed by atoms with Gasteiger partial charge in [-0.05, 0) is 17.7 Å². The van der Waals surface area contributed by atoms with Gasteiger partial charge in [-0.25, -0.2) is 0 Å². The molecule has 1 aromatic carbocycles. The zero-order valence-electron chi connectivity index (χ0n) is 11.4. The topological polar surface area (TPSA) is 98.7 Å². The number of phenolic OH excluding ortho intramolecular Hbond substituents is 1. The number of ether oxygens (including phenoxy) is 1. The number of carbonyl (C=O) groups excluding carboxylic acids is 2. The second-order valence-electron chi connectivity index (χ2n) is 3.84. The number of hydrogen-bond donors (Lipinski definition) is 2. The molecule has 0 bridgehead atoms. The molecule has 0 spiro atoms. The number of aliphatic carboxylic acids is 1. The molecule has 1 aromatic rings. The smallest absolute Gasteiger partial charge is 0.548 e. The second kappa shape index (κ2) is 9.14. The first-order chi connectivity index (χ1) is 8.93. The molecule has 0 aliphatic heterocycles. The van der Waals surface area contributed by atoms with E-state index < -0.39 is 18.0 Å². The Morgan fingerprint density at radius 3 is 2.40 bits per heavy atom. The van der Waals surface area contributed by atoms with Crippen LogP contribution in [0.25, 0.3) is 0 Å². The number of methoxy groups -OCH3 is 1. The molecule has 0 saturated heterocycles. The Balaban J connectivity index is 0.00000361. The molecule has 102 valence electrons. The van der Waals surface area contributed by atoms with Crippen molar-refractivity contribution in [3.8, 4) is 5.75 Å². The van der Waals surface area contributed by atoms with Gasteiger partial charge in [-0.2, -0.15) is 0 Å². The molecule has 0 aliphatic rings. The third-order valence-electron chi connectivity index (χ3n) is 2.40. The van der Waals surface area contributed by atoms with Crippen molar-refractivity contribution in [2.75, 3.05) is 7.11 Å². The fourth-order valence-corrected chi connectivity index (χ4v) is 1.45. The predicted octanol–water partition coefficient (Wildman–Crippen LogP) is -3.15. The molecule has 1 rings (SSSR count). The Kier molecular flexibility index (Phi) is 8.75. The van der Waals surface area contributed by atoms with Gasteiger partial charge in [-0.3, -0.25) is 4.79 Å².